The summed E-state index contributed by atoms with van der Waals surface area (Å²) < 4.78 is 11.6. The molecular weight excluding hydrogens is 504 g/mol. The van der Waals surface area contributed by atoms with Gasteiger partial charge in [-0.25, -0.2) is 9.59 Å². The predicted octanol–water partition coefficient (Wildman–Crippen LogP) is 8.36. The molecule has 0 heterocycles. The fraction of sp³-hybridized carbons (Fsp3) is 0.212. The molecule has 0 saturated heterocycles. The number of carbonyl (C=O) groups is 2. The van der Waals surface area contributed by atoms with Gasteiger partial charge in [0.15, 0.2) is 5.75 Å². The molecular formula is C33H34N2O5. The van der Waals surface area contributed by atoms with Crippen LogP contribution < -0.4 is 20.1 Å². The molecule has 206 valence electrons. The number of anilines is 2. The van der Waals surface area contributed by atoms with E-state index in [0.29, 0.717) is 34.0 Å². The summed E-state index contributed by atoms with van der Waals surface area (Å²) in [5, 5.41) is 15.4. The number of nitrogens with one attached hydrogen (secondary N) is 2. The summed E-state index contributed by atoms with van der Waals surface area (Å²) in [5.41, 5.74) is 4.51. The first-order valence-corrected chi connectivity index (χ1v) is 13.1. The zero-order valence-corrected chi connectivity index (χ0v) is 23.4. The van der Waals surface area contributed by atoms with E-state index in [1.165, 1.54) is 12.7 Å². The number of ether oxygens (including phenoxy) is 2. The average Bonchev–Trinajstić information content (AvgIpc) is 2.93. The number of urea groups is 1. The number of rotatable bonds is 8. The second-order valence-electron chi connectivity index (χ2n) is 10.4. The van der Waals surface area contributed by atoms with Crippen molar-refractivity contribution in [3.05, 3.63) is 102 Å². The number of hydrogen-bond donors (Lipinski definition) is 3. The second kappa shape index (κ2) is 11.9. The molecule has 4 rings (SSSR count). The minimum Gasteiger partial charge on any atom is -0.496 e. The van der Waals surface area contributed by atoms with Crippen molar-refractivity contribution in [1.29, 1.82) is 0 Å². The summed E-state index contributed by atoms with van der Waals surface area (Å²) in [4.78, 5) is 24.9. The fourth-order valence-corrected chi connectivity index (χ4v) is 4.35. The number of carboxylic acid groups (broad SMARTS) is 1. The van der Waals surface area contributed by atoms with Crippen LogP contribution in [0, 0.1) is 0 Å². The van der Waals surface area contributed by atoms with E-state index in [4.69, 9.17) is 9.47 Å². The van der Waals surface area contributed by atoms with Gasteiger partial charge in [-0.3, -0.25) is 0 Å². The van der Waals surface area contributed by atoms with Crippen molar-refractivity contribution in [3.8, 4) is 28.4 Å². The summed E-state index contributed by atoms with van der Waals surface area (Å²) in [7, 11) is 1.43. The molecule has 0 fully saturated rings. The quantitative estimate of drug-likeness (QED) is 0.209. The monoisotopic (exact) mass is 538 g/mol. The minimum atomic E-state index is -1.09. The molecule has 0 radical (unpaired) electrons. The van der Waals surface area contributed by atoms with Crippen LogP contribution in [0.1, 0.15) is 49.2 Å². The van der Waals surface area contributed by atoms with E-state index in [1.807, 2.05) is 54.6 Å². The molecule has 4 aromatic rings. The lowest BCUT2D eigenvalue weighted by molar-refractivity contribution is 0.0693. The van der Waals surface area contributed by atoms with Gasteiger partial charge in [-0.2, -0.15) is 0 Å². The summed E-state index contributed by atoms with van der Waals surface area (Å²) in [6.45, 7) is 8.40. The summed E-state index contributed by atoms with van der Waals surface area (Å²) >= 11 is 0. The topological polar surface area (TPSA) is 96.9 Å². The van der Waals surface area contributed by atoms with Gasteiger partial charge >= 0.3 is 12.0 Å². The standard InChI is InChI=1S/C33H34N2O5/c1-6-21-11-15-24(16-12-21)34-32(38)35-27-20-23(22-13-17-28(39-5)25(19-22)31(36)37)14-18-30(27)40-29-10-8-7-9-26(29)33(2,3)4/h7-20H,6H2,1-5H3,(H,36,37)(H2,34,35,38). The molecule has 0 aliphatic carbocycles. The highest BCUT2D eigenvalue weighted by Crippen LogP contribution is 2.39. The first-order chi connectivity index (χ1) is 19.1. The molecule has 0 spiro atoms. The lowest BCUT2D eigenvalue weighted by Crippen LogP contribution is -2.20. The molecule has 0 bridgehead atoms. The maximum absolute atomic E-state index is 13.1. The van der Waals surface area contributed by atoms with E-state index in [1.54, 1.807) is 30.3 Å². The van der Waals surface area contributed by atoms with E-state index in [2.05, 4.69) is 38.3 Å². The van der Waals surface area contributed by atoms with Gasteiger partial charge in [0.25, 0.3) is 0 Å². The first kappa shape index (κ1) is 28.2. The third kappa shape index (κ3) is 6.61. The molecule has 7 heteroatoms. The van der Waals surface area contributed by atoms with Gasteiger partial charge in [0.2, 0.25) is 0 Å². The average molecular weight is 539 g/mol. The van der Waals surface area contributed by atoms with Crippen LogP contribution >= 0.6 is 0 Å². The molecule has 7 nitrogen and oxygen atoms in total. The highest BCUT2D eigenvalue weighted by Gasteiger charge is 2.21. The maximum atomic E-state index is 13.1. The van der Waals surface area contributed by atoms with Gasteiger partial charge in [-0.05, 0) is 71.0 Å². The number of carbonyl (C=O) groups excluding carboxylic acids is 1. The maximum Gasteiger partial charge on any atom is 0.339 e. The number of benzene rings is 4. The van der Waals surface area contributed by atoms with Crippen molar-refractivity contribution in [3.63, 3.8) is 0 Å². The normalized spacial score (nSPS) is 11.0. The van der Waals surface area contributed by atoms with Crippen LogP contribution in [0.4, 0.5) is 16.2 Å². The molecule has 0 aliphatic heterocycles. The molecule has 40 heavy (non-hydrogen) atoms. The van der Waals surface area contributed by atoms with Crippen LogP contribution in [0.2, 0.25) is 0 Å². The van der Waals surface area contributed by atoms with Crippen molar-refractivity contribution in [2.45, 2.75) is 39.5 Å². The number of aryl methyl sites for hydroxylation is 1. The number of para-hydroxylation sites is 1. The van der Waals surface area contributed by atoms with Crippen molar-refractivity contribution in [2.24, 2.45) is 0 Å². The molecule has 0 atom stereocenters. The number of carboxylic acids is 1. The van der Waals surface area contributed by atoms with Gasteiger partial charge in [0, 0.05) is 11.3 Å². The molecule has 4 aromatic carbocycles. The SMILES string of the molecule is CCc1ccc(NC(=O)Nc2cc(-c3ccc(OC)c(C(=O)O)c3)ccc2Oc2ccccc2C(C)(C)C)cc1. The lowest BCUT2D eigenvalue weighted by Gasteiger charge is -2.23. The Bertz CT molecular complexity index is 1520. The van der Waals surface area contributed by atoms with Gasteiger partial charge in [-0.15, -0.1) is 0 Å². The number of aromatic carboxylic acids is 1. The van der Waals surface area contributed by atoms with E-state index < -0.39 is 12.0 Å². The van der Waals surface area contributed by atoms with Crippen molar-refractivity contribution >= 4 is 23.4 Å². The second-order valence-corrected chi connectivity index (χ2v) is 10.4. The van der Waals surface area contributed by atoms with Crippen LogP contribution in [0.15, 0.2) is 84.9 Å². The molecule has 0 aliphatic rings. The predicted molar refractivity (Wildman–Crippen MR) is 159 cm³/mol. The lowest BCUT2D eigenvalue weighted by atomic mass is 9.86. The Labute approximate surface area is 234 Å². The Kier molecular flexibility index (Phi) is 8.43. The Morgan fingerprint density at radius 1 is 0.800 bits per heavy atom. The van der Waals surface area contributed by atoms with Gasteiger partial charge in [0.05, 0.1) is 12.8 Å². The van der Waals surface area contributed by atoms with Crippen LogP contribution in [-0.4, -0.2) is 24.2 Å². The van der Waals surface area contributed by atoms with E-state index in [-0.39, 0.29) is 16.7 Å². The summed E-state index contributed by atoms with van der Waals surface area (Å²) in [5.74, 6) is 0.300. The molecule has 0 saturated carbocycles. The third-order valence-corrected chi connectivity index (χ3v) is 6.53. The van der Waals surface area contributed by atoms with E-state index in [9.17, 15) is 14.7 Å². The Morgan fingerprint density at radius 3 is 2.08 bits per heavy atom. The fourth-order valence-electron chi connectivity index (χ4n) is 4.35. The summed E-state index contributed by atoms with van der Waals surface area (Å²) in [6, 6.07) is 25.3. The molecule has 0 unspecified atom stereocenters. The van der Waals surface area contributed by atoms with Crippen molar-refractivity contribution in [1.82, 2.24) is 0 Å². The minimum absolute atomic E-state index is 0.0437. The molecule has 0 aromatic heterocycles. The summed E-state index contributed by atoms with van der Waals surface area (Å²) in [6.07, 6.45) is 0.908. The number of methoxy groups -OCH3 is 1. The van der Waals surface area contributed by atoms with Crippen molar-refractivity contribution < 1.29 is 24.2 Å². The largest absolute Gasteiger partial charge is 0.496 e. The van der Waals surface area contributed by atoms with Crippen LogP contribution in [0.5, 0.6) is 17.2 Å². The molecule has 3 N–H and O–H groups in total. The van der Waals surface area contributed by atoms with Gasteiger partial charge < -0.3 is 25.2 Å². The van der Waals surface area contributed by atoms with Crippen molar-refractivity contribution in [2.75, 3.05) is 17.7 Å². The van der Waals surface area contributed by atoms with Gasteiger partial charge in [0.1, 0.15) is 17.1 Å². The highest BCUT2D eigenvalue weighted by atomic mass is 16.5. The smallest absolute Gasteiger partial charge is 0.339 e. The third-order valence-electron chi connectivity index (χ3n) is 6.53. The molecule has 2 amide bonds. The van der Waals surface area contributed by atoms with Crippen LogP contribution in [-0.2, 0) is 11.8 Å². The Hall–Kier alpha value is -4.78. The zero-order chi connectivity index (χ0) is 28.9. The Balaban J connectivity index is 1.72. The number of hydrogen-bond acceptors (Lipinski definition) is 4. The highest BCUT2D eigenvalue weighted by molar-refractivity contribution is 6.01. The Morgan fingerprint density at radius 2 is 1.45 bits per heavy atom. The number of amides is 2. The first-order valence-electron chi connectivity index (χ1n) is 13.1. The zero-order valence-electron chi connectivity index (χ0n) is 23.4. The van der Waals surface area contributed by atoms with Crippen LogP contribution in [0.25, 0.3) is 11.1 Å². The van der Waals surface area contributed by atoms with Crippen LogP contribution in [0.3, 0.4) is 0 Å². The van der Waals surface area contributed by atoms with E-state index >= 15 is 0 Å². The van der Waals surface area contributed by atoms with E-state index in [0.717, 1.165) is 12.0 Å². The van der Waals surface area contributed by atoms with Gasteiger partial charge in [-0.1, -0.05) is 70.2 Å².